The largest absolute Gasteiger partial charge is 2.00 e. The molecule has 0 amide bonds. The maximum Gasteiger partial charge on any atom is 2.00 e. The molecule has 0 unspecified atom stereocenters. The zero-order valence-corrected chi connectivity index (χ0v) is 15.5. The van der Waals surface area contributed by atoms with Crippen LogP contribution in [0.4, 0.5) is 0 Å². The van der Waals surface area contributed by atoms with Crippen molar-refractivity contribution >= 4 is 48.9 Å². The molecule has 12 heavy (non-hydrogen) atoms. The summed E-state index contributed by atoms with van der Waals surface area (Å²) >= 11 is -11.5. The molecular weight excluding hydrogens is 435 g/mol. The quantitative estimate of drug-likeness (QED) is 0.341. The molecule has 0 aromatic heterocycles. The average Bonchev–Trinajstić information content (AvgIpc) is 1.12. The van der Waals surface area contributed by atoms with Gasteiger partial charge in [-0.2, -0.15) is 0 Å². The molecular formula is BaCr2O8Zn. The average molecular weight is 435 g/mol. The van der Waals surface area contributed by atoms with E-state index >= 15 is 0 Å². The smallest absolute Gasteiger partial charge is 2.00 e. The second-order valence-corrected chi connectivity index (χ2v) is 3.37. The van der Waals surface area contributed by atoms with Crippen molar-refractivity contribution in [1.29, 1.82) is 0 Å². The first-order valence-corrected chi connectivity index (χ1v) is 5.50. The molecule has 0 bridgehead atoms. The molecule has 0 N–H and O–H groups in total. The Labute approximate surface area is 125 Å². The van der Waals surface area contributed by atoms with Gasteiger partial charge in [-0.25, -0.2) is 0 Å². The first kappa shape index (κ1) is 23.8. The van der Waals surface area contributed by atoms with E-state index < -0.39 is 27.2 Å². The third-order valence-corrected chi connectivity index (χ3v) is 0. The van der Waals surface area contributed by atoms with E-state index in [2.05, 4.69) is 0 Å². The summed E-state index contributed by atoms with van der Waals surface area (Å²) in [6, 6.07) is 0. The van der Waals surface area contributed by atoms with Crippen LogP contribution in [0.5, 0.6) is 0 Å². The van der Waals surface area contributed by atoms with Crippen LogP contribution in [0.3, 0.4) is 0 Å². The van der Waals surface area contributed by atoms with Gasteiger partial charge in [0.05, 0.1) is 0 Å². The molecule has 0 aliphatic heterocycles. The van der Waals surface area contributed by atoms with Crippen molar-refractivity contribution in [2.24, 2.45) is 0 Å². The van der Waals surface area contributed by atoms with E-state index in [9.17, 15) is 0 Å². The molecule has 0 aromatic carbocycles. The van der Waals surface area contributed by atoms with Gasteiger partial charge in [0.1, 0.15) is 0 Å². The fourth-order valence-corrected chi connectivity index (χ4v) is 0. The summed E-state index contributed by atoms with van der Waals surface area (Å²) in [5.74, 6) is 0. The van der Waals surface area contributed by atoms with Gasteiger partial charge in [-0.3, -0.25) is 0 Å². The molecule has 64 valence electrons. The molecule has 0 radical (unpaired) electrons. The van der Waals surface area contributed by atoms with E-state index in [-0.39, 0.29) is 68.4 Å². The molecule has 0 saturated heterocycles. The molecule has 0 aliphatic rings. The zero-order chi connectivity index (χ0) is 9.00. The van der Waals surface area contributed by atoms with Gasteiger partial charge in [-0.1, -0.05) is 0 Å². The van der Waals surface area contributed by atoms with Crippen LogP contribution >= 0.6 is 0 Å². The topological polar surface area (TPSA) is 161 Å². The van der Waals surface area contributed by atoms with E-state index in [0.29, 0.717) is 0 Å². The fourth-order valence-electron chi connectivity index (χ4n) is 0. The Bertz CT molecular complexity index is 213. The third kappa shape index (κ3) is 297. The summed E-state index contributed by atoms with van der Waals surface area (Å²) < 4.78 is 68.8. The van der Waals surface area contributed by atoms with Gasteiger partial charge in [0, 0.05) is 0 Å². The van der Waals surface area contributed by atoms with Crippen molar-refractivity contribution in [3.63, 3.8) is 0 Å². The standard InChI is InChI=1S/Ba.2Cr.8O.Zn/q+2;;;;;;;4*-1;+2. The predicted molar refractivity (Wildman–Crippen MR) is 8.50 cm³/mol. The van der Waals surface area contributed by atoms with Gasteiger partial charge in [0.25, 0.3) is 0 Å². The Morgan fingerprint density at radius 3 is 0.667 bits per heavy atom. The number of rotatable bonds is 0. The Kier molecular flexibility index (Phi) is 19.6. The van der Waals surface area contributed by atoms with Crippen molar-refractivity contribution < 1.29 is 78.6 Å². The predicted octanol–water partition coefficient (Wildman–Crippen LogP) is -5.62. The molecule has 0 rings (SSSR count). The second kappa shape index (κ2) is 9.84. The van der Waals surface area contributed by atoms with Crippen LogP contribution in [0.2, 0.25) is 0 Å². The summed E-state index contributed by atoms with van der Waals surface area (Å²) in [4.78, 5) is 0. The first-order valence-electron chi connectivity index (χ1n) is 1.33. The van der Waals surface area contributed by atoms with Crippen molar-refractivity contribution in [3.8, 4) is 0 Å². The van der Waals surface area contributed by atoms with Crippen molar-refractivity contribution in [2.75, 3.05) is 0 Å². The molecule has 0 aromatic rings. The van der Waals surface area contributed by atoms with Crippen molar-refractivity contribution in [3.05, 3.63) is 0 Å². The van der Waals surface area contributed by atoms with E-state index in [0.717, 1.165) is 0 Å². The molecule has 12 heteroatoms. The molecule has 0 aliphatic carbocycles. The van der Waals surface area contributed by atoms with Gasteiger partial charge in [-0.05, 0) is 0 Å². The van der Waals surface area contributed by atoms with Crippen LogP contribution in [0, 0.1) is 0 Å². The maximum absolute atomic E-state index is 8.59. The number of hydrogen-bond acceptors (Lipinski definition) is 8. The monoisotopic (exact) mass is 434 g/mol. The van der Waals surface area contributed by atoms with E-state index in [1.54, 1.807) is 0 Å². The van der Waals surface area contributed by atoms with E-state index in [1.165, 1.54) is 0 Å². The van der Waals surface area contributed by atoms with Gasteiger partial charge in [0.15, 0.2) is 0 Å². The zero-order valence-electron chi connectivity index (χ0n) is 5.50. The van der Waals surface area contributed by atoms with Crippen LogP contribution in [-0.4, -0.2) is 48.9 Å². The summed E-state index contributed by atoms with van der Waals surface area (Å²) in [5.41, 5.74) is 0. The minimum Gasteiger partial charge on any atom is 2.00 e. The van der Waals surface area contributed by atoms with Gasteiger partial charge in [0.2, 0.25) is 0 Å². The third-order valence-electron chi connectivity index (χ3n) is 0. The van der Waals surface area contributed by atoms with E-state index in [4.69, 9.17) is 31.8 Å². The fraction of sp³-hybridized carbons (Fsp3) is 0. The second-order valence-electron chi connectivity index (χ2n) is 0.816. The molecule has 0 fully saturated rings. The van der Waals surface area contributed by atoms with Crippen molar-refractivity contribution in [1.82, 2.24) is 0 Å². The van der Waals surface area contributed by atoms with Gasteiger partial charge >= 0.3 is 127 Å². The molecule has 0 spiro atoms. The summed E-state index contributed by atoms with van der Waals surface area (Å²) in [5, 5.41) is 0. The molecule has 0 heterocycles. The van der Waals surface area contributed by atoms with Crippen LogP contribution in [0.1, 0.15) is 0 Å². The Hall–Kier alpha value is 2.30. The minimum atomic E-state index is -5.75. The van der Waals surface area contributed by atoms with Crippen LogP contribution in [-0.2, 0) is 61.9 Å². The van der Waals surface area contributed by atoms with Gasteiger partial charge in [-0.15, -0.1) is 0 Å². The SMILES string of the molecule is [Ba+2].[O]=[Cr](=[O])([O-])[O-].[O]=[Cr](=[O])([O-])[O-].[Zn+2]. The number of hydrogen-bond donors (Lipinski definition) is 0. The minimum absolute atomic E-state index is 0. The Morgan fingerprint density at radius 1 is 0.667 bits per heavy atom. The molecule has 0 saturated carbocycles. The Morgan fingerprint density at radius 2 is 0.667 bits per heavy atom. The Balaban J connectivity index is -0.0000000457. The maximum atomic E-state index is 8.59. The summed E-state index contributed by atoms with van der Waals surface area (Å²) in [6.07, 6.45) is 0. The summed E-state index contributed by atoms with van der Waals surface area (Å²) in [7, 11) is 0. The molecule has 0 atom stereocenters. The van der Waals surface area contributed by atoms with Crippen LogP contribution < -0.4 is 16.6 Å². The van der Waals surface area contributed by atoms with Crippen molar-refractivity contribution in [2.45, 2.75) is 0 Å². The normalized spacial score (nSPS) is 9.67. The first-order chi connectivity index (χ1) is 4.00. The van der Waals surface area contributed by atoms with Gasteiger partial charge < -0.3 is 0 Å². The van der Waals surface area contributed by atoms with Crippen LogP contribution in [0.15, 0.2) is 0 Å². The summed E-state index contributed by atoms with van der Waals surface area (Å²) in [6.45, 7) is 0. The molecule has 8 nitrogen and oxygen atoms in total. The van der Waals surface area contributed by atoms with Crippen LogP contribution in [0.25, 0.3) is 0 Å². The van der Waals surface area contributed by atoms with E-state index in [1.807, 2.05) is 0 Å².